The molecule has 0 aliphatic rings. The largest absolute Gasteiger partial charge is 0.309 e. The van der Waals surface area contributed by atoms with Crippen LogP contribution in [0.2, 0.25) is 0 Å². The Hall–Kier alpha value is -6.91. The zero-order valence-corrected chi connectivity index (χ0v) is 27.6. The van der Waals surface area contributed by atoms with Crippen molar-refractivity contribution >= 4 is 43.4 Å². The Labute approximate surface area is 295 Å². The summed E-state index contributed by atoms with van der Waals surface area (Å²) in [7, 11) is 0. The maximum atomic E-state index is 5.15. The molecule has 4 nitrogen and oxygen atoms in total. The van der Waals surface area contributed by atoms with Gasteiger partial charge in [0, 0.05) is 33.2 Å². The molecule has 0 N–H and O–H groups in total. The lowest BCUT2D eigenvalue weighted by molar-refractivity contribution is 1.07. The molecule has 4 heteroatoms. The number of nitrogens with zero attached hydrogens (tertiary/aromatic N) is 4. The van der Waals surface area contributed by atoms with Crippen LogP contribution in [0.3, 0.4) is 0 Å². The molecule has 0 amide bonds. The lowest BCUT2D eigenvalue weighted by Gasteiger charge is -2.11. The van der Waals surface area contributed by atoms with Gasteiger partial charge in [0.2, 0.25) is 0 Å². The molecule has 0 aliphatic carbocycles. The predicted molar refractivity (Wildman–Crippen MR) is 211 cm³/mol. The van der Waals surface area contributed by atoms with E-state index in [1.165, 1.54) is 38.0 Å². The normalized spacial score (nSPS) is 11.5. The van der Waals surface area contributed by atoms with Crippen LogP contribution in [0, 0.1) is 0 Å². The molecule has 0 unspecified atom stereocenters. The number of fused-ring (bicyclic) bond motifs is 6. The van der Waals surface area contributed by atoms with E-state index in [9.17, 15) is 0 Å². The van der Waals surface area contributed by atoms with Gasteiger partial charge in [-0.3, -0.25) is 0 Å². The van der Waals surface area contributed by atoms with Gasteiger partial charge < -0.3 is 4.57 Å². The van der Waals surface area contributed by atoms with Crippen LogP contribution < -0.4 is 0 Å². The van der Waals surface area contributed by atoms with Crippen LogP contribution in [0.25, 0.3) is 94.3 Å². The fourth-order valence-electron chi connectivity index (χ4n) is 7.32. The van der Waals surface area contributed by atoms with Gasteiger partial charge in [0.1, 0.15) is 0 Å². The molecular formula is C47H30N4. The van der Waals surface area contributed by atoms with Gasteiger partial charge in [-0.25, -0.2) is 15.0 Å². The van der Waals surface area contributed by atoms with Crippen molar-refractivity contribution in [2.75, 3.05) is 0 Å². The first-order chi connectivity index (χ1) is 25.3. The molecule has 10 aromatic rings. The number of hydrogen-bond acceptors (Lipinski definition) is 3. The monoisotopic (exact) mass is 650 g/mol. The van der Waals surface area contributed by atoms with E-state index < -0.39 is 0 Å². The molecular weight excluding hydrogens is 621 g/mol. The van der Waals surface area contributed by atoms with Crippen LogP contribution in [0.5, 0.6) is 0 Å². The van der Waals surface area contributed by atoms with Gasteiger partial charge in [-0.05, 0) is 63.0 Å². The van der Waals surface area contributed by atoms with Crippen molar-refractivity contribution in [1.29, 1.82) is 0 Å². The quantitative estimate of drug-likeness (QED) is 0.186. The Kier molecular flexibility index (Phi) is 6.78. The molecule has 10 rings (SSSR count). The second-order valence-electron chi connectivity index (χ2n) is 12.9. The van der Waals surface area contributed by atoms with E-state index in [0.717, 1.165) is 38.8 Å². The molecule has 0 atom stereocenters. The highest BCUT2D eigenvalue weighted by molar-refractivity contribution is 6.21. The molecule has 238 valence electrons. The molecule has 2 aromatic heterocycles. The average molecular weight is 651 g/mol. The van der Waals surface area contributed by atoms with Crippen molar-refractivity contribution in [2.24, 2.45) is 0 Å². The summed E-state index contributed by atoms with van der Waals surface area (Å²) in [6.45, 7) is 0. The first kappa shape index (κ1) is 29.0. The van der Waals surface area contributed by atoms with E-state index >= 15 is 0 Å². The van der Waals surface area contributed by atoms with E-state index in [1.54, 1.807) is 0 Å². The SMILES string of the molecule is c1ccc(-c2ccc(-c3nc(-c4ccc5ccccc5c4)nc(-c4ccc5c6c7ccccc7ccc6n(-c6ccccc6)c5c4)n3)cc2)cc1. The minimum atomic E-state index is 0.631. The van der Waals surface area contributed by atoms with Crippen molar-refractivity contribution < 1.29 is 0 Å². The van der Waals surface area contributed by atoms with E-state index in [1.807, 2.05) is 6.07 Å². The lowest BCUT2D eigenvalue weighted by atomic mass is 10.0. The Morgan fingerprint density at radius 2 is 0.843 bits per heavy atom. The Bertz CT molecular complexity index is 2890. The molecule has 8 aromatic carbocycles. The fraction of sp³-hybridized carbons (Fsp3) is 0. The third-order valence-corrected chi connectivity index (χ3v) is 9.82. The van der Waals surface area contributed by atoms with Gasteiger partial charge in [-0.2, -0.15) is 0 Å². The van der Waals surface area contributed by atoms with E-state index in [4.69, 9.17) is 15.0 Å². The molecule has 51 heavy (non-hydrogen) atoms. The summed E-state index contributed by atoms with van der Waals surface area (Å²) in [4.78, 5) is 15.4. The highest BCUT2D eigenvalue weighted by atomic mass is 15.0. The van der Waals surface area contributed by atoms with Crippen molar-refractivity contribution in [3.63, 3.8) is 0 Å². The number of aromatic nitrogens is 4. The topological polar surface area (TPSA) is 43.6 Å². The third-order valence-electron chi connectivity index (χ3n) is 9.82. The number of rotatable bonds is 5. The Balaban J connectivity index is 1.19. The Morgan fingerprint density at radius 3 is 1.61 bits per heavy atom. The fourth-order valence-corrected chi connectivity index (χ4v) is 7.32. The van der Waals surface area contributed by atoms with E-state index in [-0.39, 0.29) is 0 Å². The summed E-state index contributed by atoms with van der Waals surface area (Å²) in [5, 5.41) is 7.22. The molecule has 0 spiro atoms. The number of benzene rings is 8. The van der Waals surface area contributed by atoms with E-state index in [2.05, 4.69) is 180 Å². The zero-order chi connectivity index (χ0) is 33.7. The standard InChI is InChI=1S/C47H30N4/c1-3-11-31(12-4-1)33-19-22-35(23-20-33)45-48-46(37-24-21-32-13-7-8-15-36(32)29-37)50-47(49-45)38-25-27-41-43(30-38)51(39-16-5-2-6-17-39)42-28-26-34-14-9-10-18-40(34)44(41)42/h1-30H. The van der Waals surface area contributed by atoms with Crippen molar-refractivity contribution in [1.82, 2.24) is 19.5 Å². The van der Waals surface area contributed by atoms with Crippen LogP contribution in [0.4, 0.5) is 0 Å². The van der Waals surface area contributed by atoms with Crippen LogP contribution in [0.1, 0.15) is 0 Å². The van der Waals surface area contributed by atoms with Crippen molar-refractivity contribution in [2.45, 2.75) is 0 Å². The van der Waals surface area contributed by atoms with Gasteiger partial charge in [-0.15, -0.1) is 0 Å². The second kappa shape index (κ2) is 11.9. The van der Waals surface area contributed by atoms with E-state index in [0.29, 0.717) is 17.5 Å². The highest BCUT2D eigenvalue weighted by Gasteiger charge is 2.18. The van der Waals surface area contributed by atoms with Gasteiger partial charge in [0.15, 0.2) is 17.5 Å². The molecule has 2 heterocycles. The van der Waals surface area contributed by atoms with Gasteiger partial charge in [0.05, 0.1) is 11.0 Å². The summed E-state index contributed by atoms with van der Waals surface area (Å²) in [5.41, 5.74) is 8.51. The molecule has 0 bridgehead atoms. The molecule has 0 saturated carbocycles. The first-order valence-electron chi connectivity index (χ1n) is 17.2. The molecule has 0 radical (unpaired) electrons. The lowest BCUT2D eigenvalue weighted by Crippen LogP contribution is -2.00. The van der Waals surface area contributed by atoms with Gasteiger partial charge in [-0.1, -0.05) is 152 Å². The average Bonchev–Trinajstić information content (AvgIpc) is 3.55. The van der Waals surface area contributed by atoms with Gasteiger partial charge >= 0.3 is 0 Å². The molecule has 0 saturated heterocycles. The van der Waals surface area contributed by atoms with Crippen molar-refractivity contribution in [3.05, 3.63) is 182 Å². The Morgan fingerprint density at radius 1 is 0.314 bits per heavy atom. The zero-order valence-electron chi connectivity index (χ0n) is 27.6. The van der Waals surface area contributed by atoms with Gasteiger partial charge in [0.25, 0.3) is 0 Å². The minimum absolute atomic E-state index is 0.631. The molecule has 0 aliphatic heterocycles. The molecule has 0 fully saturated rings. The third kappa shape index (κ3) is 5.04. The summed E-state index contributed by atoms with van der Waals surface area (Å²) in [6, 6.07) is 64.0. The number of hydrogen-bond donors (Lipinski definition) is 0. The summed E-state index contributed by atoms with van der Waals surface area (Å²) in [6.07, 6.45) is 0. The minimum Gasteiger partial charge on any atom is -0.309 e. The predicted octanol–water partition coefficient (Wildman–Crippen LogP) is 11.9. The summed E-state index contributed by atoms with van der Waals surface area (Å²) in [5.74, 6) is 1.91. The van der Waals surface area contributed by atoms with Crippen molar-refractivity contribution in [3.8, 4) is 51.0 Å². The summed E-state index contributed by atoms with van der Waals surface area (Å²) >= 11 is 0. The van der Waals surface area contributed by atoms with Crippen LogP contribution in [-0.4, -0.2) is 19.5 Å². The second-order valence-corrected chi connectivity index (χ2v) is 12.9. The number of para-hydroxylation sites is 1. The highest BCUT2D eigenvalue weighted by Crippen LogP contribution is 2.39. The smallest absolute Gasteiger partial charge is 0.164 e. The maximum absolute atomic E-state index is 5.15. The first-order valence-corrected chi connectivity index (χ1v) is 17.2. The maximum Gasteiger partial charge on any atom is 0.164 e. The van der Waals surface area contributed by atoms with Crippen LogP contribution >= 0.6 is 0 Å². The summed E-state index contributed by atoms with van der Waals surface area (Å²) < 4.78 is 2.36. The van der Waals surface area contributed by atoms with Crippen LogP contribution in [-0.2, 0) is 0 Å². The van der Waals surface area contributed by atoms with Crippen LogP contribution in [0.15, 0.2) is 182 Å².